The van der Waals surface area contributed by atoms with E-state index in [9.17, 15) is 0 Å². The lowest BCUT2D eigenvalue weighted by Crippen LogP contribution is -2.10. The summed E-state index contributed by atoms with van der Waals surface area (Å²) in [6.07, 6.45) is 1.51. The molecule has 3 aromatic rings. The molecule has 20 heavy (non-hydrogen) atoms. The van der Waals surface area contributed by atoms with Crippen LogP contribution in [0.25, 0.3) is 16.7 Å². The van der Waals surface area contributed by atoms with Crippen LogP contribution in [0.5, 0.6) is 0 Å². The SMILES string of the molecule is [2H]C([2H])([2H])C(c1ccc2c(c1)ncn2-c1cccc(Br)c1)(C([2H])([2H])[2H])C([2H])([2H])[2H]. The number of hydrogen-bond donors (Lipinski definition) is 0. The van der Waals surface area contributed by atoms with Crippen LogP contribution in [0.3, 0.4) is 0 Å². The molecule has 0 saturated carbocycles. The molecule has 1 aromatic heterocycles. The largest absolute Gasteiger partial charge is 0.299 e. The van der Waals surface area contributed by atoms with Crippen molar-refractivity contribution in [2.24, 2.45) is 0 Å². The van der Waals surface area contributed by atoms with E-state index in [1.54, 1.807) is 4.57 Å². The fraction of sp³-hybridized carbons (Fsp3) is 0.235. The molecule has 3 rings (SSSR count). The Balaban J connectivity index is 2.28. The molecule has 0 atom stereocenters. The third kappa shape index (κ3) is 2.38. The molecule has 0 aliphatic heterocycles. The first-order valence-corrected chi connectivity index (χ1v) is 6.73. The summed E-state index contributed by atoms with van der Waals surface area (Å²) in [7, 11) is 0. The van der Waals surface area contributed by atoms with Crippen LogP contribution in [-0.2, 0) is 5.41 Å². The Morgan fingerprint density at radius 3 is 2.75 bits per heavy atom. The number of halogens is 1. The standard InChI is InChI=1S/C17H17BrN2/c1-17(2,3)12-7-8-16-15(9-12)19-11-20(16)14-6-4-5-13(18)10-14/h4-11H,1-3H3/i1D3,2D3,3D3. The molecule has 2 nitrogen and oxygen atoms in total. The van der Waals surface area contributed by atoms with Crippen molar-refractivity contribution >= 4 is 27.0 Å². The van der Waals surface area contributed by atoms with Gasteiger partial charge in [-0.15, -0.1) is 0 Å². The highest BCUT2D eigenvalue weighted by molar-refractivity contribution is 9.10. The van der Waals surface area contributed by atoms with Gasteiger partial charge < -0.3 is 0 Å². The Labute approximate surface area is 140 Å². The molecule has 2 aromatic carbocycles. The maximum atomic E-state index is 7.84. The van der Waals surface area contributed by atoms with Crippen molar-refractivity contribution in [3.63, 3.8) is 0 Å². The van der Waals surface area contributed by atoms with Crippen molar-refractivity contribution in [3.05, 3.63) is 58.8 Å². The fourth-order valence-corrected chi connectivity index (χ4v) is 2.46. The first kappa shape index (κ1) is 6.44. The van der Waals surface area contributed by atoms with E-state index >= 15 is 0 Å². The van der Waals surface area contributed by atoms with Crippen LogP contribution in [0.2, 0.25) is 0 Å². The molecule has 102 valence electrons. The first-order chi connectivity index (χ1) is 13.2. The predicted molar refractivity (Wildman–Crippen MR) is 87.5 cm³/mol. The zero-order chi connectivity index (χ0) is 21.8. The van der Waals surface area contributed by atoms with Gasteiger partial charge in [0.1, 0.15) is 6.33 Å². The molecule has 0 saturated heterocycles. The molecule has 0 amide bonds. The van der Waals surface area contributed by atoms with Gasteiger partial charge in [-0.1, -0.05) is 48.6 Å². The minimum Gasteiger partial charge on any atom is -0.299 e. The van der Waals surface area contributed by atoms with Crippen LogP contribution < -0.4 is 0 Å². The lowest BCUT2D eigenvalue weighted by molar-refractivity contribution is 0.591. The van der Waals surface area contributed by atoms with Crippen LogP contribution in [0.1, 0.15) is 38.5 Å². The highest BCUT2D eigenvalue weighted by atomic mass is 79.9. The molecule has 0 radical (unpaired) electrons. The summed E-state index contributed by atoms with van der Waals surface area (Å²) >= 11 is 3.39. The van der Waals surface area contributed by atoms with E-state index in [2.05, 4.69) is 20.9 Å². The number of aromatic nitrogens is 2. The third-order valence-corrected chi connectivity index (χ3v) is 3.56. The Morgan fingerprint density at radius 1 is 1.15 bits per heavy atom. The number of imidazole rings is 1. The average Bonchev–Trinajstić information content (AvgIpc) is 2.94. The Kier molecular flexibility index (Phi) is 1.53. The second-order valence-corrected chi connectivity index (χ2v) is 5.46. The van der Waals surface area contributed by atoms with Crippen molar-refractivity contribution in [1.29, 1.82) is 0 Å². The van der Waals surface area contributed by atoms with Crippen molar-refractivity contribution in [2.75, 3.05) is 0 Å². The average molecular weight is 338 g/mol. The van der Waals surface area contributed by atoms with Gasteiger partial charge in [0.05, 0.1) is 11.0 Å². The topological polar surface area (TPSA) is 17.8 Å². The normalized spacial score (nSPS) is 20.6. The van der Waals surface area contributed by atoms with Gasteiger partial charge in [-0.3, -0.25) is 4.57 Å². The zero-order valence-electron chi connectivity index (χ0n) is 19.4. The highest BCUT2D eigenvalue weighted by Crippen LogP contribution is 2.27. The number of benzene rings is 2. The monoisotopic (exact) mass is 337 g/mol. The van der Waals surface area contributed by atoms with E-state index in [-0.39, 0.29) is 5.56 Å². The fourth-order valence-electron chi connectivity index (χ4n) is 2.08. The van der Waals surface area contributed by atoms with Crippen molar-refractivity contribution < 1.29 is 12.3 Å². The summed E-state index contributed by atoms with van der Waals surface area (Å²) in [5.74, 6) is 0. The highest BCUT2D eigenvalue weighted by Gasteiger charge is 2.15. The van der Waals surface area contributed by atoms with Gasteiger partial charge in [-0.05, 0) is 41.3 Å². The summed E-state index contributed by atoms with van der Waals surface area (Å²) in [5, 5.41) is 0. The molecular formula is C17H17BrN2. The summed E-state index contributed by atoms with van der Waals surface area (Å²) in [4.78, 5) is 4.24. The van der Waals surface area contributed by atoms with Crippen molar-refractivity contribution in [2.45, 2.75) is 26.0 Å². The number of nitrogens with zero attached hydrogens (tertiary/aromatic N) is 2. The summed E-state index contributed by atoms with van der Waals surface area (Å²) < 4.78 is 73.1. The molecule has 0 spiro atoms. The molecule has 3 heteroatoms. The molecule has 0 fully saturated rings. The van der Waals surface area contributed by atoms with Crippen LogP contribution in [0.4, 0.5) is 0 Å². The lowest BCUT2D eigenvalue weighted by atomic mass is 9.87. The summed E-state index contributed by atoms with van der Waals surface area (Å²) in [5.41, 5.74) is -1.69. The smallest absolute Gasteiger partial charge is 0.100 e. The van der Waals surface area contributed by atoms with Gasteiger partial charge in [-0.2, -0.15) is 0 Å². The quantitative estimate of drug-likeness (QED) is 0.605. The van der Waals surface area contributed by atoms with Crippen molar-refractivity contribution in [3.8, 4) is 5.69 Å². The third-order valence-electron chi connectivity index (χ3n) is 3.07. The van der Waals surface area contributed by atoms with Gasteiger partial charge in [0.15, 0.2) is 0 Å². The molecule has 0 aliphatic carbocycles. The van der Waals surface area contributed by atoms with Crippen LogP contribution in [0.15, 0.2) is 53.3 Å². The summed E-state index contributed by atoms with van der Waals surface area (Å²) in [6.45, 7) is -9.90. The minimum absolute atomic E-state index is 0.296. The molecule has 1 heterocycles. The van der Waals surface area contributed by atoms with E-state index in [1.165, 1.54) is 24.5 Å². The van der Waals surface area contributed by atoms with Gasteiger partial charge in [0.25, 0.3) is 0 Å². The second-order valence-electron chi connectivity index (χ2n) is 4.55. The van der Waals surface area contributed by atoms with Gasteiger partial charge >= 0.3 is 0 Å². The molecule has 0 aliphatic rings. The maximum absolute atomic E-state index is 7.84. The van der Waals surface area contributed by atoms with E-state index in [0.29, 0.717) is 11.0 Å². The number of fused-ring (bicyclic) bond motifs is 1. The summed E-state index contributed by atoms with van der Waals surface area (Å²) in [6, 6.07) is 11.4. The minimum atomic E-state index is -3.30. The second kappa shape index (κ2) is 4.74. The predicted octanol–water partition coefficient (Wildman–Crippen LogP) is 5.09. The lowest BCUT2D eigenvalue weighted by Gasteiger charge is -2.18. The van der Waals surface area contributed by atoms with Crippen LogP contribution >= 0.6 is 15.9 Å². The molecular weight excluding hydrogens is 312 g/mol. The Morgan fingerprint density at radius 2 is 2.00 bits per heavy atom. The maximum Gasteiger partial charge on any atom is 0.100 e. The first-order valence-electron chi connectivity index (χ1n) is 10.4. The van der Waals surface area contributed by atoms with Gasteiger partial charge in [0, 0.05) is 22.5 Å². The van der Waals surface area contributed by atoms with Crippen LogP contribution in [-0.4, -0.2) is 9.55 Å². The molecule has 0 unspecified atom stereocenters. The van der Waals surface area contributed by atoms with E-state index in [0.717, 1.165) is 10.2 Å². The van der Waals surface area contributed by atoms with Crippen LogP contribution in [0, 0.1) is 0 Å². The van der Waals surface area contributed by atoms with Gasteiger partial charge in [-0.25, -0.2) is 4.98 Å². The Bertz CT molecular complexity index is 1010. The Hall–Kier alpha value is -1.61. The van der Waals surface area contributed by atoms with Gasteiger partial charge in [0.2, 0.25) is 0 Å². The van der Waals surface area contributed by atoms with E-state index in [4.69, 9.17) is 12.3 Å². The van der Waals surface area contributed by atoms with E-state index < -0.39 is 26.0 Å². The van der Waals surface area contributed by atoms with Crippen molar-refractivity contribution in [1.82, 2.24) is 9.55 Å². The molecule has 0 N–H and O–H groups in total. The zero-order valence-corrected chi connectivity index (χ0v) is 12.0. The number of hydrogen-bond acceptors (Lipinski definition) is 1. The molecule has 0 bridgehead atoms. The number of rotatable bonds is 1. The van der Waals surface area contributed by atoms with E-state index in [1.807, 2.05) is 24.3 Å².